The first-order chi connectivity index (χ1) is 9.43. The molecule has 1 aromatic rings. The highest BCUT2D eigenvalue weighted by atomic mass is 35.5. The van der Waals surface area contributed by atoms with Gasteiger partial charge in [-0.15, -0.1) is 23.7 Å². The molecule has 1 aromatic heterocycles. The number of hydrogen-bond donors (Lipinski definition) is 1. The van der Waals surface area contributed by atoms with Crippen LogP contribution in [0.4, 0.5) is 0 Å². The molecule has 3 atom stereocenters. The molecule has 2 aliphatic rings. The summed E-state index contributed by atoms with van der Waals surface area (Å²) in [5, 5.41) is 1.27. The third-order valence-electron chi connectivity index (χ3n) is 4.88. The van der Waals surface area contributed by atoms with Gasteiger partial charge in [0.25, 0.3) is 0 Å². The summed E-state index contributed by atoms with van der Waals surface area (Å²) in [6, 6.07) is 0.431. The molecule has 0 amide bonds. The zero-order chi connectivity index (χ0) is 14.3. The summed E-state index contributed by atoms with van der Waals surface area (Å²) < 4.78 is 0. The average Bonchev–Trinajstić information content (AvgIpc) is 2.96. The number of halogens is 1. The molecule has 2 fully saturated rings. The maximum Gasteiger partial charge on any atom is 0.107 e. The van der Waals surface area contributed by atoms with Crippen LogP contribution in [0, 0.1) is 11.8 Å². The summed E-state index contributed by atoms with van der Waals surface area (Å²) in [6.07, 6.45) is 5.98. The summed E-state index contributed by atoms with van der Waals surface area (Å²) in [4.78, 5) is 8.59. The maximum atomic E-state index is 6.30. The molecule has 2 N–H and O–H groups in total. The van der Waals surface area contributed by atoms with Gasteiger partial charge in [0, 0.05) is 30.2 Å². The van der Waals surface area contributed by atoms with Gasteiger partial charge in [0.15, 0.2) is 0 Å². The van der Waals surface area contributed by atoms with Crippen molar-refractivity contribution in [1.29, 1.82) is 0 Å². The third-order valence-corrected chi connectivity index (χ3v) is 6.29. The van der Waals surface area contributed by atoms with Crippen molar-refractivity contribution in [2.45, 2.75) is 58.0 Å². The van der Waals surface area contributed by atoms with Gasteiger partial charge >= 0.3 is 0 Å². The lowest BCUT2D eigenvalue weighted by molar-refractivity contribution is 0.259. The van der Waals surface area contributed by atoms with Gasteiger partial charge in [-0.2, -0.15) is 0 Å². The largest absolute Gasteiger partial charge is 0.327 e. The molecule has 1 aliphatic heterocycles. The lowest BCUT2D eigenvalue weighted by Crippen LogP contribution is -2.38. The number of fused-ring (bicyclic) bond motifs is 1. The van der Waals surface area contributed by atoms with Crippen molar-refractivity contribution in [1.82, 2.24) is 9.88 Å². The quantitative estimate of drug-likeness (QED) is 0.904. The van der Waals surface area contributed by atoms with Crippen LogP contribution in [0.3, 0.4) is 0 Å². The second-order valence-corrected chi connectivity index (χ2v) is 8.70. The van der Waals surface area contributed by atoms with Crippen LogP contribution >= 0.6 is 23.7 Å². The van der Waals surface area contributed by atoms with Gasteiger partial charge in [0.1, 0.15) is 5.01 Å². The first-order valence-corrected chi connectivity index (χ1v) is 8.68. The molecule has 1 aliphatic carbocycles. The smallest absolute Gasteiger partial charge is 0.107 e. The van der Waals surface area contributed by atoms with Gasteiger partial charge in [-0.3, -0.25) is 4.90 Å². The van der Waals surface area contributed by atoms with Crippen molar-refractivity contribution < 1.29 is 0 Å². The van der Waals surface area contributed by atoms with Gasteiger partial charge < -0.3 is 5.73 Å². The average molecular weight is 330 g/mol. The van der Waals surface area contributed by atoms with Gasteiger partial charge in [-0.1, -0.05) is 27.2 Å². The minimum absolute atomic E-state index is 0. The Morgan fingerprint density at radius 2 is 2.10 bits per heavy atom. The molecule has 1 saturated heterocycles. The molecule has 3 unspecified atom stereocenters. The number of nitrogens with two attached hydrogens (primary N) is 1. The fourth-order valence-corrected chi connectivity index (χ4v) is 4.68. The molecular weight excluding hydrogens is 302 g/mol. The van der Waals surface area contributed by atoms with E-state index in [2.05, 4.69) is 36.9 Å². The molecule has 3 rings (SSSR count). The molecule has 3 nitrogen and oxygen atoms in total. The Morgan fingerprint density at radius 1 is 1.33 bits per heavy atom. The predicted octanol–water partition coefficient (Wildman–Crippen LogP) is 3.42. The van der Waals surface area contributed by atoms with Gasteiger partial charge in [-0.05, 0) is 30.1 Å². The number of hydrogen-bond acceptors (Lipinski definition) is 4. The van der Waals surface area contributed by atoms with Crippen LogP contribution in [-0.4, -0.2) is 29.0 Å². The predicted molar refractivity (Wildman–Crippen MR) is 92.1 cm³/mol. The fraction of sp³-hybridized carbons (Fsp3) is 0.812. The second kappa shape index (κ2) is 6.53. The van der Waals surface area contributed by atoms with Gasteiger partial charge in [0.2, 0.25) is 0 Å². The number of rotatable bonds is 2. The Kier molecular flexibility index (Phi) is 5.35. The van der Waals surface area contributed by atoms with Crippen molar-refractivity contribution in [2.75, 3.05) is 13.1 Å². The molecular formula is C16H28ClN3S. The van der Waals surface area contributed by atoms with E-state index in [1.165, 1.54) is 42.2 Å². The molecule has 21 heavy (non-hydrogen) atoms. The van der Waals surface area contributed by atoms with E-state index in [1.54, 1.807) is 0 Å². The van der Waals surface area contributed by atoms with E-state index in [4.69, 9.17) is 5.73 Å². The number of likely N-dealkylation sites (tertiary alicyclic amines) is 1. The van der Waals surface area contributed by atoms with Crippen molar-refractivity contribution in [3.8, 4) is 0 Å². The van der Waals surface area contributed by atoms with E-state index in [9.17, 15) is 0 Å². The Bertz CT molecular complexity index is 468. The highest BCUT2D eigenvalue weighted by Gasteiger charge is 2.38. The van der Waals surface area contributed by atoms with Crippen molar-refractivity contribution in [3.05, 3.63) is 16.1 Å². The van der Waals surface area contributed by atoms with Crippen LogP contribution in [0.2, 0.25) is 0 Å². The van der Waals surface area contributed by atoms with Crippen LogP contribution < -0.4 is 5.73 Å². The number of aromatic nitrogens is 1. The molecule has 0 aromatic carbocycles. The van der Waals surface area contributed by atoms with E-state index >= 15 is 0 Å². The fourth-order valence-electron chi connectivity index (χ4n) is 3.66. The Balaban J connectivity index is 0.00000161. The van der Waals surface area contributed by atoms with Gasteiger partial charge in [0.05, 0.1) is 6.54 Å². The van der Waals surface area contributed by atoms with Crippen LogP contribution in [-0.2, 0) is 12.0 Å². The Morgan fingerprint density at radius 3 is 2.71 bits per heavy atom. The van der Waals surface area contributed by atoms with Crippen LogP contribution in [0.15, 0.2) is 6.20 Å². The van der Waals surface area contributed by atoms with E-state index in [1.807, 2.05) is 11.3 Å². The summed E-state index contributed by atoms with van der Waals surface area (Å²) in [5.74, 6) is 1.56. The SMILES string of the molecule is CC(C)(C)c1cnc(CN2CC3CCCC(N)C3C2)s1.Cl. The standard InChI is InChI=1S/C16H27N3S.ClH/c1-16(2,3)14-7-18-15(20-14)10-19-8-11-5-4-6-13(17)12(11)9-19;/h7,11-13H,4-6,8-10,17H2,1-3H3;1H. The minimum Gasteiger partial charge on any atom is -0.327 e. The molecule has 1 saturated carbocycles. The molecule has 5 heteroatoms. The molecule has 0 radical (unpaired) electrons. The maximum absolute atomic E-state index is 6.30. The normalized spacial score (nSPS) is 30.0. The first kappa shape index (κ1) is 17.2. The van der Waals surface area contributed by atoms with E-state index in [0.717, 1.165) is 18.4 Å². The molecule has 120 valence electrons. The number of nitrogens with zero attached hydrogens (tertiary/aromatic N) is 2. The minimum atomic E-state index is 0. The van der Waals surface area contributed by atoms with Crippen molar-refractivity contribution in [2.24, 2.45) is 17.6 Å². The first-order valence-electron chi connectivity index (χ1n) is 7.86. The molecule has 0 bridgehead atoms. The molecule has 0 spiro atoms. The van der Waals surface area contributed by atoms with E-state index < -0.39 is 0 Å². The lowest BCUT2D eigenvalue weighted by atomic mass is 9.78. The van der Waals surface area contributed by atoms with Crippen molar-refractivity contribution in [3.63, 3.8) is 0 Å². The summed E-state index contributed by atoms with van der Waals surface area (Å²) in [7, 11) is 0. The Hall–Kier alpha value is -0.160. The summed E-state index contributed by atoms with van der Waals surface area (Å²) in [6.45, 7) is 10.2. The van der Waals surface area contributed by atoms with E-state index in [-0.39, 0.29) is 17.8 Å². The third kappa shape index (κ3) is 3.79. The molecule has 2 heterocycles. The number of thiazole rings is 1. The van der Waals surface area contributed by atoms with Gasteiger partial charge in [-0.25, -0.2) is 4.98 Å². The monoisotopic (exact) mass is 329 g/mol. The lowest BCUT2D eigenvalue weighted by Gasteiger charge is -2.29. The topological polar surface area (TPSA) is 42.2 Å². The highest BCUT2D eigenvalue weighted by molar-refractivity contribution is 7.11. The second-order valence-electron chi connectivity index (χ2n) is 7.58. The summed E-state index contributed by atoms with van der Waals surface area (Å²) >= 11 is 1.88. The summed E-state index contributed by atoms with van der Waals surface area (Å²) in [5.41, 5.74) is 6.52. The van der Waals surface area contributed by atoms with Crippen molar-refractivity contribution >= 4 is 23.7 Å². The zero-order valence-corrected chi connectivity index (χ0v) is 15.0. The highest BCUT2D eigenvalue weighted by Crippen LogP contribution is 2.36. The van der Waals surface area contributed by atoms with Crippen LogP contribution in [0.5, 0.6) is 0 Å². The zero-order valence-electron chi connectivity index (χ0n) is 13.3. The van der Waals surface area contributed by atoms with E-state index in [0.29, 0.717) is 6.04 Å². The Labute approximate surface area is 138 Å². The van der Waals surface area contributed by atoms with Crippen LogP contribution in [0.1, 0.15) is 49.9 Å². The van der Waals surface area contributed by atoms with Crippen LogP contribution in [0.25, 0.3) is 0 Å².